The Morgan fingerprint density at radius 3 is 2.05 bits per heavy atom. The molecule has 0 aromatic heterocycles. The number of carbonyl (C=O) groups excluding carboxylic acids is 1. The van der Waals surface area contributed by atoms with Gasteiger partial charge in [-0.25, -0.2) is 0 Å². The quantitative estimate of drug-likeness (QED) is 0.701. The van der Waals surface area contributed by atoms with E-state index in [-0.39, 0.29) is 0 Å². The fourth-order valence-electron chi connectivity index (χ4n) is 3.23. The van der Waals surface area contributed by atoms with Crippen molar-refractivity contribution in [1.29, 1.82) is 0 Å². The van der Waals surface area contributed by atoms with Crippen LogP contribution in [0.15, 0.2) is 24.3 Å². The molecule has 0 spiro atoms. The highest BCUT2D eigenvalue weighted by atomic mass is 16.2. The van der Waals surface area contributed by atoms with E-state index < -0.39 is 0 Å². The monoisotopic (exact) mass is 287 g/mol. The molecular weight excluding hydrogens is 258 g/mol. The minimum Gasteiger partial charge on any atom is -0.343 e. The van der Waals surface area contributed by atoms with Crippen molar-refractivity contribution in [3.05, 3.63) is 35.4 Å². The second kappa shape index (κ2) is 8.21. The zero-order chi connectivity index (χ0) is 15.1. The number of fused-ring (bicyclic) bond motifs is 1. The first-order valence-corrected chi connectivity index (χ1v) is 8.59. The summed E-state index contributed by atoms with van der Waals surface area (Å²) in [7, 11) is 0. The summed E-state index contributed by atoms with van der Waals surface area (Å²) in [6.45, 7) is 6.26. The average Bonchev–Trinajstić information content (AvgIpc) is 2.89. The molecule has 0 radical (unpaired) electrons. The number of amides is 1. The SMILES string of the molecule is CCCCN(CCCC)C(=O)CC1Cc2ccccc2C1. The lowest BCUT2D eigenvalue weighted by atomic mass is 10.0. The molecule has 0 unspecified atom stereocenters. The van der Waals surface area contributed by atoms with Gasteiger partial charge in [0, 0.05) is 19.5 Å². The normalized spacial score (nSPS) is 14.2. The van der Waals surface area contributed by atoms with Crippen LogP contribution in [0.5, 0.6) is 0 Å². The van der Waals surface area contributed by atoms with Crippen LogP contribution in [0.1, 0.15) is 57.1 Å². The summed E-state index contributed by atoms with van der Waals surface area (Å²) in [5, 5.41) is 0. The van der Waals surface area contributed by atoms with Crippen LogP contribution in [-0.4, -0.2) is 23.9 Å². The van der Waals surface area contributed by atoms with Gasteiger partial charge in [0.25, 0.3) is 0 Å². The molecule has 0 N–H and O–H groups in total. The van der Waals surface area contributed by atoms with Gasteiger partial charge in [0.2, 0.25) is 5.91 Å². The van der Waals surface area contributed by atoms with Crippen molar-refractivity contribution in [2.45, 2.75) is 58.8 Å². The topological polar surface area (TPSA) is 20.3 Å². The van der Waals surface area contributed by atoms with Crippen molar-refractivity contribution >= 4 is 5.91 Å². The van der Waals surface area contributed by atoms with Crippen LogP contribution in [0.25, 0.3) is 0 Å². The number of carbonyl (C=O) groups is 1. The van der Waals surface area contributed by atoms with Crippen molar-refractivity contribution in [2.24, 2.45) is 5.92 Å². The predicted molar refractivity (Wildman–Crippen MR) is 88.4 cm³/mol. The molecule has 0 aliphatic heterocycles. The zero-order valence-electron chi connectivity index (χ0n) is 13.6. The van der Waals surface area contributed by atoms with E-state index >= 15 is 0 Å². The standard InChI is InChI=1S/C19H29NO/c1-3-5-11-20(12-6-4-2)19(21)15-16-13-17-9-7-8-10-18(17)14-16/h7-10,16H,3-6,11-15H2,1-2H3. The summed E-state index contributed by atoms with van der Waals surface area (Å²) in [6, 6.07) is 8.65. The van der Waals surface area contributed by atoms with Gasteiger partial charge in [0.15, 0.2) is 0 Å². The maximum Gasteiger partial charge on any atom is 0.222 e. The molecule has 1 aliphatic carbocycles. The summed E-state index contributed by atoms with van der Waals surface area (Å²) in [4.78, 5) is 14.7. The lowest BCUT2D eigenvalue weighted by molar-refractivity contribution is -0.132. The highest BCUT2D eigenvalue weighted by Gasteiger charge is 2.25. The van der Waals surface area contributed by atoms with Crippen LogP contribution in [0.4, 0.5) is 0 Å². The minimum absolute atomic E-state index is 0.370. The first-order chi connectivity index (χ1) is 10.2. The van der Waals surface area contributed by atoms with Gasteiger partial charge < -0.3 is 4.90 Å². The van der Waals surface area contributed by atoms with Crippen molar-refractivity contribution in [2.75, 3.05) is 13.1 Å². The van der Waals surface area contributed by atoms with E-state index in [2.05, 4.69) is 43.0 Å². The molecule has 2 heteroatoms. The van der Waals surface area contributed by atoms with Crippen LogP contribution in [-0.2, 0) is 17.6 Å². The number of hydrogen-bond acceptors (Lipinski definition) is 1. The van der Waals surface area contributed by atoms with Crippen LogP contribution < -0.4 is 0 Å². The zero-order valence-corrected chi connectivity index (χ0v) is 13.6. The summed E-state index contributed by atoms with van der Waals surface area (Å²) >= 11 is 0. The van der Waals surface area contributed by atoms with Gasteiger partial charge >= 0.3 is 0 Å². The van der Waals surface area contributed by atoms with E-state index in [9.17, 15) is 4.79 Å². The number of unbranched alkanes of at least 4 members (excludes halogenated alkanes) is 2. The summed E-state index contributed by atoms with van der Waals surface area (Å²) < 4.78 is 0. The molecule has 0 saturated carbocycles. The Labute approximate surface area is 129 Å². The number of rotatable bonds is 8. The Morgan fingerprint density at radius 2 is 1.57 bits per heavy atom. The molecule has 0 fully saturated rings. The van der Waals surface area contributed by atoms with Crippen LogP contribution in [0.3, 0.4) is 0 Å². The first kappa shape index (κ1) is 16.1. The molecule has 0 heterocycles. The molecule has 0 atom stereocenters. The van der Waals surface area contributed by atoms with Crippen LogP contribution in [0.2, 0.25) is 0 Å². The van der Waals surface area contributed by atoms with Crippen molar-refractivity contribution in [1.82, 2.24) is 4.90 Å². The van der Waals surface area contributed by atoms with E-state index in [0.29, 0.717) is 11.8 Å². The van der Waals surface area contributed by atoms with Crippen molar-refractivity contribution in [3.8, 4) is 0 Å². The summed E-state index contributed by atoms with van der Waals surface area (Å²) in [5.74, 6) is 0.885. The summed E-state index contributed by atoms with van der Waals surface area (Å²) in [6.07, 6.45) is 7.45. The van der Waals surface area contributed by atoms with Gasteiger partial charge in [-0.05, 0) is 42.7 Å². The highest BCUT2D eigenvalue weighted by molar-refractivity contribution is 5.76. The molecule has 1 amide bonds. The van der Waals surface area contributed by atoms with Gasteiger partial charge in [0.05, 0.1) is 0 Å². The second-order valence-electron chi connectivity index (χ2n) is 6.34. The third kappa shape index (κ3) is 4.59. The predicted octanol–water partition coefficient (Wildman–Crippen LogP) is 4.22. The van der Waals surface area contributed by atoms with Crippen molar-refractivity contribution < 1.29 is 4.79 Å². The van der Waals surface area contributed by atoms with E-state index in [0.717, 1.165) is 58.0 Å². The molecule has 21 heavy (non-hydrogen) atoms. The molecule has 0 bridgehead atoms. The smallest absolute Gasteiger partial charge is 0.222 e. The summed E-state index contributed by atoms with van der Waals surface area (Å²) in [5.41, 5.74) is 2.90. The fraction of sp³-hybridized carbons (Fsp3) is 0.632. The number of nitrogens with zero attached hydrogens (tertiary/aromatic N) is 1. The van der Waals surface area contributed by atoms with Crippen molar-refractivity contribution in [3.63, 3.8) is 0 Å². The fourth-order valence-corrected chi connectivity index (χ4v) is 3.23. The first-order valence-electron chi connectivity index (χ1n) is 8.59. The third-order valence-corrected chi connectivity index (χ3v) is 4.51. The Hall–Kier alpha value is -1.31. The minimum atomic E-state index is 0.370. The van der Waals surface area contributed by atoms with Gasteiger partial charge in [-0.15, -0.1) is 0 Å². The maximum atomic E-state index is 12.6. The molecule has 0 saturated heterocycles. The van der Waals surface area contributed by atoms with Crippen LogP contribution in [0, 0.1) is 5.92 Å². The van der Waals surface area contributed by atoms with E-state index in [1.165, 1.54) is 11.1 Å². The second-order valence-corrected chi connectivity index (χ2v) is 6.34. The third-order valence-electron chi connectivity index (χ3n) is 4.51. The van der Waals surface area contributed by atoms with Crippen LogP contribution >= 0.6 is 0 Å². The molecule has 1 aromatic rings. The van der Waals surface area contributed by atoms with Gasteiger partial charge in [0.1, 0.15) is 0 Å². The maximum absolute atomic E-state index is 12.6. The molecule has 2 rings (SSSR count). The Kier molecular flexibility index (Phi) is 6.28. The lowest BCUT2D eigenvalue weighted by Crippen LogP contribution is -2.34. The molecule has 2 nitrogen and oxygen atoms in total. The largest absolute Gasteiger partial charge is 0.343 e. The lowest BCUT2D eigenvalue weighted by Gasteiger charge is -2.24. The average molecular weight is 287 g/mol. The molecule has 1 aromatic carbocycles. The van der Waals surface area contributed by atoms with E-state index in [4.69, 9.17) is 0 Å². The Morgan fingerprint density at radius 1 is 1.05 bits per heavy atom. The Balaban J connectivity index is 1.87. The molecule has 116 valence electrons. The molecular formula is C19H29NO. The van der Waals surface area contributed by atoms with E-state index in [1.54, 1.807) is 0 Å². The van der Waals surface area contributed by atoms with Gasteiger partial charge in [-0.3, -0.25) is 4.79 Å². The number of hydrogen-bond donors (Lipinski definition) is 0. The van der Waals surface area contributed by atoms with Gasteiger partial charge in [-0.2, -0.15) is 0 Å². The van der Waals surface area contributed by atoms with Gasteiger partial charge in [-0.1, -0.05) is 51.0 Å². The molecule has 1 aliphatic rings. The highest BCUT2D eigenvalue weighted by Crippen LogP contribution is 2.29. The van der Waals surface area contributed by atoms with E-state index in [1.807, 2.05) is 0 Å². The number of benzene rings is 1. The Bertz CT molecular complexity index is 422.